The van der Waals surface area contributed by atoms with Gasteiger partial charge in [0, 0.05) is 19.3 Å². The lowest BCUT2D eigenvalue weighted by molar-refractivity contribution is 0.0536. The lowest BCUT2D eigenvalue weighted by Crippen LogP contribution is -2.32. The Kier molecular flexibility index (Phi) is 5.96. The van der Waals surface area contributed by atoms with E-state index < -0.39 is 0 Å². The quantitative estimate of drug-likeness (QED) is 0.867. The number of halogens is 2. The molecule has 1 fully saturated rings. The molecule has 2 rings (SSSR count). The molecule has 0 spiro atoms. The first-order chi connectivity index (χ1) is 9.24. The van der Waals surface area contributed by atoms with Crippen molar-refractivity contribution < 1.29 is 4.74 Å². The van der Waals surface area contributed by atoms with Crippen molar-refractivity contribution in [2.45, 2.75) is 32.2 Å². The molecule has 1 N–H and O–H groups in total. The Balaban J connectivity index is 2.22. The number of nitrogens with one attached hydrogen (secondary N) is 1. The smallest absolute Gasteiger partial charge is 0.0640 e. The molecule has 0 radical (unpaired) electrons. The topological polar surface area (TPSA) is 21.3 Å². The van der Waals surface area contributed by atoms with Gasteiger partial charge in [0.25, 0.3) is 0 Å². The van der Waals surface area contributed by atoms with E-state index in [1.54, 1.807) is 0 Å². The Morgan fingerprint density at radius 3 is 2.74 bits per heavy atom. The van der Waals surface area contributed by atoms with Crippen LogP contribution >= 0.6 is 23.2 Å². The fourth-order valence-corrected chi connectivity index (χ4v) is 3.07. The van der Waals surface area contributed by atoms with Gasteiger partial charge in [0.1, 0.15) is 0 Å². The number of hydrogen-bond acceptors (Lipinski definition) is 2. The summed E-state index contributed by atoms with van der Waals surface area (Å²) in [6, 6.07) is 6.17. The van der Waals surface area contributed by atoms with E-state index in [-0.39, 0.29) is 6.04 Å². The minimum absolute atomic E-state index is 0.273. The molecule has 0 amide bonds. The molecule has 0 bridgehead atoms. The van der Waals surface area contributed by atoms with Crippen molar-refractivity contribution in [3.63, 3.8) is 0 Å². The molecular formula is C15H21Cl2NO. The highest BCUT2D eigenvalue weighted by Gasteiger charge is 2.26. The summed E-state index contributed by atoms with van der Waals surface area (Å²) in [5, 5.41) is 4.94. The first-order valence-corrected chi connectivity index (χ1v) is 7.74. The van der Waals surface area contributed by atoms with Crippen LogP contribution in [0.5, 0.6) is 0 Å². The summed E-state index contributed by atoms with van der Waals surface area (Å²) in [5.41, 5.74) is 1.12. The molecule has 1 aliphatic rings. The normalized spacial score (nSPS) is 18.5. The molecule has 1 aromatic rings. The van der Waals surface area contributed by atoms with Gasteiger partial charge in [-0.15, -0.1) is 0 Å². The summed E-state index contributed by atoms with van der Waals surface area (Å²) >= 11 is 12.5. The van der Waals surface area contributed by atoms with E-state index in [2.05, 4.69) is 18.3 Å². The highest BCUT2D eigenvalue weighted by Crippen LogP contribution is 2.36. The Morgan fingerprint density at radius 1 is 1.32 bits per heavy atom. The van der Waals surface area contributed by atoms with Crippen molar-refractivity contribution in [3.05, 3.63) is 33.8 Å². The molecule has 0 saturated carbocycles. The summed E-state index contributed by atoms with van der Waals surface area (Å²) in [4.78, 5) is 0. The van der Waals surface area contributed by atoms with Gasteiger partial charge >= 0.3 is 0 Å². The van der Waals surface area contributed by atoms with E-state index in [9.17, 15) is 0 Å². The van der Waals surface area contributed by atoms with Crippen LogP contribution in [0.3, 0.4) is 0 Å². The SMILES string of the molecule is CCCNC(c1cccc(Cl)c1Cl)C1CCOCC1. The molecule has 4 heteroatoms. The number of benzene rings is 1. The Labute approximate surface area is 125 Å². The fraction of sp³-hybridized carbons (Fsp3) is 0.600. The molecule has 0 aliphatic carbocycles. The standard InChI is InChI=1S/C15H21Cl2NO/c1-2-8-18-15(11-6-9-19-10-7-11)12-4-3-5-13(16)14(12)17/h3-5,11,15,18H,2,6-10H2,1H3. The predicted octanol–water partition coefficient (Wildman–Crippen LogP) is 4.46. The van der Waals surface area contributed by atoms with Crippen molar-refractivity contribution in [2.75, 3.05) is 19.8 Å². The monoisotopic (exact) mass is 301 g/mol. The lowest BCUT2D eigenvalue weighted by atomic mass is 9.87. The van der Waals surface area contributed by atoms with Crippen LogP contribution in [0.15, 0.2) is 18.2 Å². The Bertz CT molecular complexity index is 405. The van der Waals surface area contributed by atoms with E-state index in [4.69, 9.17) is 27.9 Å². The fourth-order valence-electron chi connectivity index (χ4n) is 2.64. The van der Waals surface area contributed by atoms with Gasteiger partial charge in [-0.05, 0) is 43.4 Å². The highest BCUT2D eigenvalue weighted by atomic mass is 35.5. The van der Waals surface area contributed by atoms with Gasteiger partial charge in [-0.3, -0.25) is 0 Å². The van der Waals surface area contributed by atoms with Crippen LogP contribution in [0.2, 0.25) is 10.0 Å². The minimum Gasteiger partial charge on any atom is -0.381 e. The molecule has 19 heavy (non-hydrogen) atoms. The maximum absolute atomic E-state index is 6.38. The van der Waals surface area contributed by atoms with E-state index in [0.717, 1.165) is 44.6 Å². The highest BCUT2D eigenvalue weighted by molar-refractivity contribution is 6.42. The summed E-state index contributed by atoms with van der Waals surface area (Å²) in [6.45, 7) is 4.85. The lowest BCUT2D eigenvalue weighted by Gasteiger charge is -2.32. The third kappa shape index (κ3) is 3.85. The van der Waals surface area contributed by atoms with Crippen LogP contribution in [0.25, 0.3) is 0 Å². The second kappa shape index (κ2) is 7.49. The van der Waals surface area contributed by atoms with Gasteiger partial charge in [-0.2, -0.15) is 0 Å². The van der Waals surface area contributed by atoms with Crippen LogP contribution in [-0.4, -0.2) is 19.8 Å². The third-order valence-electron chi connectivity index (χ3n) is 3.67. The summed E-state index contributed by atoms with van der Waals surface area (Å²) < 4.78 is 5.46. The molecule has 1 aromatic carbocycles. The van der Waals surface area contributed by atoms with Crippen LogP contribution in [0.1, 0.15) is 37.8 Å². The first-order valence-electron chi connectivity index (χ1n) is 6.99. The van der Waals surface area contributed by atoms with Crippen LogP contribution in [0.4, 0.5) is 0 Å². The summed E-state index contributed by atoms with van der Waals surface area (Å²) in [7, 11) is 0. The van der Waals surface area contributed by atoms with Gasteiger partial charge in [0.15, 0.2) is 0 Å². The zero-order valence-corrected chi connectivity index (χ0v) is 12.8. The largest absolute Gasteiger partial charge is 0.381 e. The van der Waals surface area contributed by atoms with Crippen LogP contribution in [0, 0.1) is 5.92 Å². The van der Waals surface area contributed by atoms with Gasteiger partial charge < -0.3 is 10.1 Å². The first kappa shape index (κ1) is 15.1. The molecule has 1 saturated heterocycles. The maximum Gasteiger partial charge on any atom is 0.0640 e. The second-order valence-corrected chi connectivity index (χ2v) is 5.81. The average molecular weight is 302 g/mol. The molecule has 106 valence electrons. The minimum atomic E-state index is 0.273. The van der Waals surface area contributed by atoms with Crippen molar-refractivity contribution in [3.8, 4) is 0 Å². The number of hydrogen-bond donors (Lipinski definition) is 1. The van der Waals surface area contributed by atoms with Gasteiger partial charge in [-0.25, -0.2) is 0 Å². The molecule has 1 unspecified atom stereocenters. The van der Waals surface area contributed by atoms with Crippen molar-refractivity contribution in [2.24, 2.45) is 5.92 Å². The average Bonchev–Trinajstić information content (AvgIpc) is 2.45. The van der Waals surface area contributed by atoms with Gasteiger partial charge in [0.05, 0.1) is 10.0 Å². The van der Waals surface area contributed by atoms with E-state index in [1.807, 2.05) is 12.1 Å². The summed E-state index contributed by atoms with van der Waals surface area (Å²) in [5.74, 6) is 0.566. The van der Waals surface area contributed by atoms with Crippen molar-refractivity contribution >= 4 is 23.2 Å². The Morgan fingerprint density at radius 2 is 2.05 bits per heavy atom. The van der Waals surface area contributed by atoms with E-state index in [0.29, 0.717) is 16.0 Å². The molecule has 2 nitrogen and oxygen atoms in total. The Hall–Kier alpha value is -0.280. The molecule has 1 aliphatic heterocycles. The van der Waals surface area contributed by atoms with Crippen molar-refractivity contribution in [1.29, 1.82) is 0 Å². The van der Waals surface area contributed by atoms with Crippen LogP contribution in [-0.2, 0) is 4.74 Å². The number of rotatable bonds is 5. The maximum atomic E-state index is 6.38. The number of ether oxygens (including phenoxy) is 1. The van der Waals surface area contributed by atoms with E-state index >= 15 is 0 Å². The third-order valence-corrected chi connectivity index (χ3v) is 4.50. The molecule has 1 atom stereocenters. The zero-order chi connectivity index (χ0) is 13.7. The second-order valence-electron chi connectivity index (χ2n) is 5.02. The predicted molar refractivity (Wildman–Crippen MR) is 81.0 cm³/mol. The van der Waals surface area contributed by atoms with Crippen LogP contribution < -0.4 is 5.32 Å². The summed E-state index contributed by atoms with van der Waals surface area (Å²) in [6.07, 6.45) is 3.26. The van der Waals surface area contributed by atoms with E-state index in [1.165, 1.54) is 0 Å². The van der Waals surface area contributed by atoms with Crippen molar-refractivity contribution in [1.82, 2.24) is 5.32 Å². The molecule has 1 heterocycles. The van der Waals surface area contributed by atoms with Gasteiger partial charge in [0.2, 0.25) is 0 Å². The zero-order valence-electron chi connectivity index (χ0n) is 11.3. The molecule has 0 aromatic heterocycles. The van der Waals surface area contributed by atoms with Gasteiger partial charge in [-0.1, -0.05) is 42.3 Å². The molecular weight excluding hydrogens is 281 g/mol.